The normalized spacial score (nSPS) is 14.3. The predicted octanol–water partition coefficient (Wildman–Crippen LogP) is 14.4. The van der Waals surface area contributed by atoms with Crippen LogP contribution in [-0.2, 0) is 32.7 Å². The molecular weight excluding hydrogens is 802 g/mol. The molecule has 4 N–H and O–H groups in total. The Morgan fingerprint density at radius 2 is 0.887 bits per heavy atom. The molecule has 0 rings (SSSR count). The molecule has 360 valence electrons. The van der Waals surface area contributed by atoms with Gasteiger partial charge < -0.3 is 25.2 Å². The first kappa shape index (κ1) is 59.7. The van der Waals surface area contributed by atoms with Gasteiger partial charge in [-0.25, -0.2) is 4.57 Å². The Morgan fingerprint density at radius 1 is 0.516 bits per heavy atom. The zero-order chi connectivity index (χ0) is 45.5. The van der Waals surface area contributed by atoms with Crippen molar-refractivity contribution in [3.05, 3.63) is 60.8 Å². The smallest absolute Gasteiger partial charge is 0.472 e. The summed E-state index contributed by atoms with van der Waals surface area (Å²) in [6, 6.07) is -1.48. The fourth-order valence-corrected chi connectivity index (χ4v) is 7.42. The van der Waals surface area contributed by atoms with Gasteiger partial charge in [-0.05, 0) is 83.5 Å². The minimum Gasteiger partial charge on any atom is -0.480 e. The van der Waals surface area contributed by atoms with Gasteiger partial charge in [-0.15, -0.1) is 0 Å². The van der Waals surface area contributed by atoms with Crippen molar-refractivity contribution in [3.8, 4) is 0 Å². The average molecular weight is 894 g/mol. The molecule has 11 heteroatoms. The number of unbranched alkanes of at least 4 members (excludes halogenated alkanes) is 23. The molecular formula is C51H92NO9P. The number of carboxylic acid groups (broad SMARTS) is 1. The summed E-state index contributed by atoms with van der Waals surface area (Å²) in [6.07, 6.45) is 57.0. The third-order valence-electron chi connectivity index (χ3n) is 10.5. The van der Waals surface area contributed by atoms with Gasteiger partial charge in [-0.3, -0.25) is 18.6 Å². The van der Waals surface area contributed by atoms with Crippen LogP contribution in [0.15, 0.2) is 60.8 Å². The average Bonchev–Trinajstić information content (AvgIpc) is 3.25. The van der Waals surface area contributed by atoms with Gasteiger partial charge in [0.15, 0.2) is 0 Å². The zero-order valence-corrected chi connectivity index (χ0v) is 40.3. The number of nitrogens with two attached hydrogens (primary N) is 1. The molecule has 0 radical (unpaired) electrons. The van der Waals surface area contributed by atoms with Crippen molar-refractivity contribution in [1.82, 2.24) is 0 Å². The topological polar surface area (TPSA) is 155 Å². The Kier molecular flexibility index (Phi) is 44.9. The van der Waals surface area contributed by atoms with Crippen LogP contribution < -0.4 is 5.73 Å². The molecule has 10 nitrogen and oxygen atoms in total. The third kappa shape index (κ3) is 45.7. The highest BCUT2D eigenvalue weighted by molar-refractivity contribution is 7.47. The Bertz CT molecular complexity index is 1220. The number of phosphoric ester groups is 1. The second-order valence-corrected chi connectivity index (χ2v) is 18.0. The van der Waals surface area contributed by atoms with Crippen molar-refractivity contribution in [1.29, 1.82) is 0 Å². The van der Waals surface area contributed by atoms with Crippen LogP contribution in [0, 0.1) is 0 Å². The van der Waals surface area contributed by atoms with E-state index in [1.807, 2.05) is 0 Å². The van der Waals surface area contributed by atoms with Gasteiger partial charge in [-0.2, -0.15) is 0 Å². The molecule has 0 bridgehead atoms. The van der Waals surface area contributed by atoms with Crippen LogP contribution in [0.1, 0.15) is 213 Å². The molecule has 62 heavy (non-hydrogen) atoms. The van der Waals surface area contributed by atoms with Crippen LogP contribution in [0.25, 0.3) is 0 Å². The lowest BCUT2D eigenvalue weighted by Gasteiger charge is -2.20. The molecule has 0 amide bonds. The van der Waals surface area contributed by atoms with Crippen molar-refractivity contribution < 1.29 is 42.7 Å². The number of carboxylic acids is 1. The fraction of sp³-hybridized carbons (Fsp3) is 0.765. The van der Waals surface area contributed by atoms with Crippen LogP contribution in [0.2, 0.25) is 0 Å². The summed E-state index contributed by atoms with van der Waals surface area (Å²) in [7, 11) is -4.63. The maximum absolute atomic E-state index is 12.7. The van der Waals surface area contributed by atoms with Crippen molar-refractivity contribution in [2.24, 2.45) is 5.73 Å². The molecule has 0 saturated carbocycles. The molecule has 0 aromatic heterocycles. The molecule has 0 aliphatic heterocycles. The SMILES string of the molecule is CCCCCC/C=C\C/C=C\CCCCCCCC(=O)OC(COCCCCCCCCCCC/C=C\C/C=C\C/C=C\CCCCCCC)COP(=O)(O)OCC(N)C(=O)O. The van der Waals surface area contributed by atoms with Gasteiger partial charge >= 0.3 is 19.8 Å². The van der Waals surface area contributed by atoms with Crippen molar-refractivity contribution in [3.63, 3.8) is 0 Å². The molecule has 0 aliphatic carbocycles. The number of carbonyl (C=O) groups excluding carboxylic acids is 1. The van der Waals surface area contributed by atoms with Crippen molar-refractivity contribution >= 4 is 19.8 Å². The molecule has 0 aromatic rings. The molecule has 3 atom stereocenters. The largest absolute Gasteiger partial charge is 0.480 e. The fourth-order valence-electron chi connectivity index (χ4n) is 6.64. The summed E-state index contributed by atoms with van der Waals surface area (Å²) in [5.41, 5.74) is 5.37. The zero-order valence-electron chi connectivity index (χ0n) is 39.5. The Morgan fingerprint density at radius 3 is 1.34 bits per heavy atom. The van der Waals surface area contributed by atoms with Crippen LogP contribution in [0.4, 0.5) is 0 Å². The number of rotatable bonds is 47. The molecule has 0 saturated heterocycles. The minimum atomic E-state index is -4.63. The number of hydrogen-bond donors (Lipinski definition) is 3. The maximum atomic E-state index is 12.7. The standard InChI is InChI=1S/C51H92NO9P/c1-3-5-7-9-11-13-15-17-19-21-22-23-24-25-26-27-28-30-32-34-36-38-40-42-44-58-45-48(46-59-62(56,57)60-47-49(52)51(54)55)61-50(53)43-41-39-37-35-33-31-29-20-18-16-14-12-10-8-6-4-2/h14-17,20-22,24-25,29,48-49H,3-13,18-19,23,26-28,30-47,52H2,1-2H3,(H,54,55)(H,56,57)/b16-14-,17-15-,22-21-,25-24-,29-20-. The third-order valence-corrected chi connectivity index (χ3v) is 11.5. The minimum absolute atomic E-state index is 0.00545. The Hall–Kier alpha value is -2.33. The lowest BCUT2D eigenvalue weighted by atomic mass is 10.1. The number of carbonyl (C=O) groups is 2. The van der Waals surface area contributed by atoms with Crippen LogP contribution in [0.3, 0.4) is 0 Å². The number of hydrogen-bond acceptors (Lipinski definition) is 8. The Balaban J connectivity index is 4.18. The van der Waals surface area contributed by atoms with Gasteiger partial charge in [0, 0.05) is 13.0 Å². The summed E-state index contributed by atoms with van der Waals surface area (Å²) < 4.78 is 33.4. The lowest BCUT2D eigenvalue weighted by molar-refractivity contribution is -0.154. The van der Waals surface area contributed by atoms with E-state index in [0.717, 1.165) is 77.0 Å². The van der Waals surface area contributed by atoms with Gasteiger partial charge in [-0.1, -0.05) is 184 Å². The highest BCUT2D eigenvalue weighted by atomic mass is 31.2. The highest BCUT2D eigenvalue weighted by Gasteiger charge is 2.27. The van der Waals surface area contributed by atoms with Gasteiger partial charge in [0.2, 0.25) is 0 Å². The van der Waals surface area contributed by atoms with Gasteiger partial charge in [0.25, 0.3) is 0 Å². The number of esters is 1. The highest BCUT2D eigenvalue weighted by Crippen LogP contribution is 2.43. The summed E-state index contributed by atoms with van der Waals surface area (Å²) >= 11 is 0. The van der Waals surface area contributed by atoms with Crippen molar-refractivity contribution in [2.75, 3.05) is 26.4 Å². The van der Waals surface area contributed by atoms with Crippen LogP contribution in [0.5, 0.6) is 0 Å². The second kappa shape index (κ2) is 46.7. The van der Waals surface area contributed by atoms with E-state index in [0.29, 0.717) is 13.0 Å². The first-order valence-electron chi connectivity index (χ1n) is 24.8. The second-order valence-electron chi connectivity index (χ2n) is 16.6. The van der Waals surface area contributed by atoms with E-state index in [-0.39, 0.29) is 13.0 Å². The van der Waals surface area contributed by atoms with E-state index in [4.69, 9.17) is 29.4 Å². The molecule has 3 unspecified atom stereocenters. The first-order chi connectivity index (χ1) is 30.2. The summed E-state index contributed by atoms with van der Waals surface area (Å²) in [5.74, 6) is -1.80. The van der Waals surface area contributed by atoms with E-state index in [9.17, 15) is 19.0 Å². The lowest BCUT2D eigenvalue weighted by Crippen LogP contribution is -2.34. The van der Waals surface area contributed by atoms with E-state index in [1.54, 1.807) is 0 Å². The van der Waals surface area contributed by atoms with Crippen LogP contribution >= 0.6 is 7.82 Å². The van der Waals surface area contributed by atoms with E-state index < -0.39 is 45.1 Å². The maximum Gasteiger partial charge on any atom is 0.472 e. The monoisotopic (exact) mass is 894 g/mol. The summed E-state index contributed by atoms with van der Waals surface area (Å²) in [4.78, 5) is 33.6. The number of phosphoric acid groups is 1. The molecule has 0 aromatic carbocycles. The molecule has 0 spiro atoms. The van der Waals surface area contributed by atoms with Gasteiger partial charge in [0.05, 0.1) is 19.8 Å². The number of ether oxygens (including phenoxy) is 2. The predicted molar refractivity (Wildman–Crippen MR) is 258 cm³/mol. The Labute approximate surface area is 379 Å². The molecule has 0 fully saturated rings. The van der Waals surface area contributed by atoms with Gasteiger partial charge in [0.1, 0.15) is 12.1 Å². The van der Waals surface area contributed by atoms with Crippen molar-refractivity contribution in [2.45, 2.75) is 225 Å². The molecule has 0 heterocycles. The van der Waals surface area contributed by atoms with E-state index >= 15 is 0 Å². The summed E-state index contributed by atoms with van der Waals surface area (Å²) in [6.45, 7) is 3.83. The van der Waals surface area contributed by atoms with E-state index in [1.165, 1.54) is 109 Å². The molecule has 0 aliphatic rings. The quantitative estimate of drug-likeness (QED) is 0.0233. The van der Waals surface area contributed by atoms with Crippen LogP contribution in [-0.4, -0.2) is 60.5 Å². The van der Waals surface area contributed by atoms with E-state index in [2.05, 4.69) is 74.6 Å². The summed E-state index contributed by atoms with van der Waals surface area (Å²) in [5, 5.41) is 8.92. The number of allylic oxidation sites excluding steroid dienone is 10. The number of aliphatic carboxylic acids is 1. The first-order valence-corrected chi connectivity index (χ1v) is 26.3.